The summed E-state index contributed by atoms with van der Waals surface area (Å²) < 4.78 is 70.4. The van der Waals surface area contributed by atoms with Gasteiger partial charge in [0.25, 0.3) is 10.0 Å². The molecule has 1 saturated carbocycles. The first-order chi connectivity index (χ1) is 20.8. The highest BCUT2D eigenvalue weighted by atomic mass is 79.9. The van der Waals surface area contributed by atoms with Gasteiger partial charge in [-0.15, -0.1) is 0 Å². The standard InChI is InChI=1S/C31H32BrClF3N3O4S/c1-21(30(41)37-24-11-4-2-5-12-24)38(19-22-9-8-10-23(32)17-22)29(40)20-39(44(42,43)26-13-6-3-7-14-26)25-15-16-28(33)27(18-25)31(34,35)36/h3,6-10,13-18,21,24H,2,4-5,11-12,19-20H2,1H3,(H,37,41). The van der Waals surface area contributed by atoms with Gasteiger partial charge in [-0.3, -0.25) is 13.9 Å². The van der Waals surface area contributed by atoms with E-state index in [0.29, 0.717) is 15.9 Å². The molecule has 1 aliphatic carbocycles. The van der Waals surface area contributed by atoms with Crippen LogP contribution in [0.25, 0.3) is 0 Å². The molecule has 0 aromatic heterocycles. The van der Waals surface area contributed by atoms with Crippen molar-refractivity contribution in [3.63, 3.8) is 0 Å². The van der Waals surface area contributed by atoms with Crippen LogP contribution in [-0.4, -0.2) is 43.8 Å². The molecule has 1 fully saturated rings. The molecule has 13 heteroatoms. The van der Waals surface area contributed by atoms with Gasteiger partial charge in [0, 0.05) is 17.1 Å². The number of benzene rings is 3. The van der Waals surface area contributed by atoms with Crippen molar-refractivity contribution in [1.82, 2.24) is 10.2 Å². The summed E-state index contributed by atoms with van der Waals surface area (Å²) in [5.74, 6) is -1.18. The van der Waals surface area contributed by atoms with Gasteiger partial charge in [-0.25, -0.2) is 8.42 Å². The molecule has 7 nitrogen and oxygen atoms in total. The molecule has 236 valence electrons. The van der Waals surface area contributed by atoms with Crippen molar-refractivity contribution < 1.29 is 31.2 Å². The summed E-state index contributed by atoms with van der Waals surface area (Å²) in [6.07, 6.45) is -0.196. The fraction of sp³-hybridized carbons (Fsp3) is 0.355. The predicted molar refractivity (Wildman–Crippen MR) is 167 cm³/mol. The van der Waals surface area contributed by atoms with E-state index in [1.165, 1.54) is 29.2 Å². The van der Waals surface area contributed by atoms with E-state index in [-0.39, 0.29) is 17.5 Å². The van der Waals surface area contributed by atoms with Gasteiger partial charge >= 0.3 is 6.18 Å². The summed E-state index contributed by atoms with van der Waals surface area (Å²) >= 11 is 9.22. The monoisotopic (exact) mass is 713 g/mol. The highest BCUT2D eigenvalue weighted by Crippen LogP contribution is 2.38. The van der Waals surface area contributed by atoms with Crippen LogP contribution in [0.1, 0.15) is 50.2 Å². The average Bonchev–Trinajstić information content (AvgIpc) is 2.99. The summed E-state index contributed by atoms with van der Waals surface area (Å²) in [4.78, 5) is 28.5. The number of hydrogen-bond donors (Lipinski definition) is 1. The molecule has 1 atom stereocenters. The third-order valence-electron chi connectivity index (χ3n) is 7.51. The average molecular weight is 715 g/mol. The molecule has 0 saturated heterocycles. The zero-order valence-electron chi connectivity index (χ0n) is 23.9. The van der Waals surface area contributed by atoms with Crippen LogP contribution in [0.3, 0.4) is 0 Å². The number of halogens is 5. The maximum absolute atomic E-state index is 14.1. The number of hydrogen-bond acceptors (Lipinski definition) is 4. The zero-order valence-corrected chi connectivity index (χ0v) is 27.0. The fourth-order valence-electron chi connectivity index (χ4n) is 5.12. The maximum atomic E-state index is 14.1. The minimum atomic E-state index is -4.88. The summed E-state index contributed by atoms with van der Waals surface area (Å²) in [5.41, 5.74) is -0.988. The van der Waals surface area contributed by atoms with E-state index in [2.05, 4.69) is 21.2 Å². The quantitative estimate of drug-likeness (QED) is 0.241. The van der Waals surface area contributed by atoms with E-state index in [0.717, 1.165) is 48.7 Å². The van der Waals surface area contributed by atoms with E-state index in [9.17, 15) is 31.2 Å². The highest BCUT2D eigenvalue weighted by molar-refractivity contribution is 9.10. The van der Waals surface area contributed by atoms with Crippen molar-refractivity contribution >= 4 is 55.1 Å². The number of rotatable bonds is 10. The van der Waals surface area contributed by atoms with Crippen molar-refractivity contribution in [3.8, 4) is 0 Å². The Hall–Kier alpha value is -3.09. The van der Waals surface area contributed by atoms with E-state index in [4.69, 9.17) is 11.6 Å². The second-order valence-corrected chi connectivity index (χ2v) is 13.8. The Bertz CT molecular complexity index is 1590. The largest absolute Gasteiger partial charge is 0.417 e. The molecule has 44 heavy (non-hydrogen) atoms. The lowest BCUT2D eigenvalue weighted by molar-refractivity contribution is -0.139. The molecule has 0 spiro atoms. The van der Waals surface area contributed by atoms with Crippen LogP contribution in [0.2, 0.25) is 5.02 Å². The molecule has 3 aromatic rings. The molecule has 4 rings (SSSR count). The molecular weight excluding hydrogens is 683 g/mol. The minimum absolute atomic E-state index is 0.0358. The smallest absolute Gasteiger partial charge is 0.352 e. The summed E-state index contributed by atoms with van der Waals surface area (Å²) in [6.45, 7) is 0.629. The third-order valence-corrected chi connectivity index (χ3v) is 10.1. The third kappa shape index (κ3) is 8.33. The number of carbonyl (C=O) groups is 2. The van der Waals surface area contributed by atoms with Crippen LogP contribution in [0, 0.1) is 0 Å². The highest BCUT2D eigenvalue weighted by Gasteiger charge is 2.37. The van der Waals surface area contributed by atoms with Crippen LogP contribution in [0.4, 0.5) is 18.9 Å². The zero-order chi connectivity index (χ0) is 32.1. The van der Waals surface area contributed by atoms with Gasteiger partial charge in [-0.05, 0) is 67.8 Å². The van der Waals surface area contributed by atoms with Gasteiger partial charge in [-0.1, -0.05) is 77.1 Å². The van der Waals surface area contributed by atoms with Gasteiger partial charge in [0.1, 0.15) is 12.6 Å². The maximum Gasteiger partial charge on any atom is 0.417 e. The number of alkyl halides is 3. The molecule has 1 N–H and O–H groups in total. The Kier molecular flexibility index (Phi) is 11.0. The molecule has 0 heterocycles. The molecule has 1 unspecified atom stereocenters. The predicted octanol–water partition coefficient (Wildman–Crippen LogP) is 7.18. The first-order valence-electron chi connectivity index (χ1n) is 14.1. The normalized spacial score (nSPS) is 15.0. The molecule has 0 radical (unpaired) electrons. The summed E-state index contributed by atoms with van der Waals surface area (Å²) in [5, 5.41) is 2.39. The van der Waals surface area contributed by atoms with Crippen LogP contribution in [0.15, 0.2) is 82.2 Å². The second-order valence-electron chi connectivity index (χ2n) is 10.7. The topological polar surface area (TPSA) is 86.8 Å². The van der Waals surface area contributed by atoms with Crippen molar-refractivity contribution in [2.45, 2.75) is 68.7 Å². The molecule has 3 aromatic carbocycles. The van der Waals surface area contributed by atoms with Crippen LogP contribution < -0.4 is 9.62 Å². The van der Waals surface area contributed by atoms with Gasteiger partial charge in [0.2, 0.25) is 11.8 Å². The summed E-state index contributed by atoms with van der Waals surface area (Å²) in [7, 11) is -4.54. The Labute approximate surface area is 268 Å². The lowest BCUT2D eigenvalue weighted by Gasteiger charge is -2.33. The lowest BCUT2D eigenvalue weighted by Crippen LogP contribution is -2.53. The number of nitrogens with zero attached hydrogens (tertiary/aromatic N) is 2. The Morgan fingerprint density at radius 3 is 2.32 bits per heavy atom. The Morgan fingerprint density at radius 2 is 1.68 bits per heavy atom. The van der Waals surface area contributed by atoms with Crippen molar-refractivity contribution in [2.24, 2.45) is 0 Å². The number of carbonyl (C=O) groups excluding carboxylic acids is 2. The first kappa shape index (κ1) is 33.8. The molecular formula is C31H32BrClF3N3O4S. The second kappa shape index (κ2) is 14.3. The Balaban J connectivity index is 1.74. The fourth-order valence-corrected chi connectivity index (χ4v) is 7.22. The number of amides is 2. The number of anilines is 1. The van der Waals surface area contributed by atoms with E-state index < -0.39 is 56.9 Å². The van der Waals surface area contributed by atoms with Gasteiger partial charge < -0.3 is 10.2 Å². The molecule has 0 aliphatic heterocycles. The molecule has 0 bridgehead atoms. The van der Waals surface area contributed by atoms with Crippen LogP contribution in [-0.2, 0) is 32.3 Å². The molecule has 2 amide bonds. The van der Waals surface area contributed by atoms with Crippen molar-refractivity contribution in [2.75, 3.05) is 10.8 Å². The Morgan fingerprint density at radius 1 is 1.00 bits per heavy atom. The van der Waals surface area contributed by atoms with Gasteiger partial charge in [-0.2, -0.15) is 13.2 Å². The van der Waals surface area contributed by atoms with E-state index in [1.54, 1.807) is 37.3 Å². The summed E-state index contributed by atoms with van der Waals surface area (Å²) in [6, 6.07) is 15.8. The SMILES string of the molecule is CC(C(=O)NC1CCCCC1)N(Cc1cccc(Br)c1)C(=O)CN(c1ccc(Cl)c(C(F)(F)F)c1)S(=O)(=O)c1ccccc1. The van der Waals surface area contributed by atoms with Crippen molar-refractivity contribution in [3.05, 3.63) is 93.4 Å². The minimum Gasteiger partial charge on any atom is -0.352 e. The van der Waals surface area contributed by atoms with Crippen LogP contribution >= 0.6 is 27.5 Å². The molecule has 1 aliphatic rings. The van der Waals surface area contributed by atoms with Crippen molar-refractivity contribution in [1.29, 1.82) is 0 Å². The van der Waals surface area contributed by atoms with Gasteiger partial charge in [0.15, 0.2) is 0 Å². The van der Waals surface area contributed by atoms with Crippen LogP contribution in [0.5, 0.6) is 0 Å². The first-order valence-corrected chi connectivity index (χ1v) is 16.7. The van der Waals surface area contributed by atoms with Gasteiger partial charge in [0.05, 0.1) is 21.2 Å². The number of nitrogens with one attached hydrogen (secondary N) is 1. The lowest BCUT2D eigenvalue weighted by atomic mass is 9.95. The van der Waals surface area contributed by atoms with E-state index >= 15 is 0 Å². The van der Waals surface area contributed by atoms with E-state index in [1.807, 2.05) is 0 Å². The number of sulfonamides is 1.